The van der Waals surface area contributed by atoms with Crippen LogP contribution in [0.4, 0.5) is 17.1 Å². The fourth-order valence-electron chi connectivity index (χ4n) is 8.24. The van der Waals surface area contributed by atoms with Crippen LogP contribution in [0.3, 0.4) is 0 Å². The number of aromatic nitrogens is 1. The lowest BCUT2D eigenvalue weighted by molar-refractivity contribution is 0.436. The van der Waals surface area contributed by atoms with Gasteiger partial charge < -0.3 is 9.64 Å². The lowest BCUT2D eigenvalue weighted by atomic mass is 9.66. The quantitative estimate of drug-likeness (QED) is 0.176. The molecule has 0 saturated heterocycles. The van der Waals surface area contributed by atoms with Gasteiger partial charge in [-0.25, -0.2) is 0 Å². The topological polar surface area (TPSA) is 25.4 Å². The van der Waals surface area contributed by atoms with Crippen molar-refractivity contribution in [2.75, 3.05) is 4.90 Å². The van der Waals surface area contributed by atoms with Crippen molar-refractivity contribution in [1.82, 2.24) is 4.98 Å². The van der Waals surface area contributed by atoms with E-state index >= 15 is 0 Å². The number of nitrogens with zero attached hydrogens (tertiary/aromatic N) is 2. The molecule has 0 atom stereocenters. The molecule has 1 aliphatic heterocycles. The maximum atomic E-state index is 6.75. The van der Waals surface area contributed by atoms with Crippen molar-refractivity contribution in [3.8, 4) is 44.9 Å². The highest BCUT2D eigenvalue weighted by atomic mass is 79.9. The van der Waals surface area contributed by atoms with Crippen molar-refractivity contribution in [1.29, 1.82) is 0 Å². The van der Waals surface area contributed by atoms with Gasteiger partial charge in [-0.1, -0.05) is 125 Å². The minimum atomic E-state index is -0.548. The molecule has 1 aromatic heterocycles. The van der Waals surface area contributed by atoms with Gasteiger partial charge in [0.2, 0.25) is 0 Å². The van der Waals surface area contributed by atoms with Gasteiger partial charge in [0.15, 0.2) is 0 Å². The van der Waals surface area contributed by atoms with E-state index in [4.69, 9.17) is 4.74 Å². The molecular weight excluding hydrogens is 700 g/mol. The molecule has 4 heteroatoms. The highest BCUT2D eigenvalue weighted by molar-refractivity contribution is 9.10. The predicted octanol–water partition coefficient (Wildman–Crippen LogP) is 13.1. The van der Waals surface area contributed by atoms with Crippen molar-refractivity contribution in [3.63, 3.8) is 0 Å². The summed E-state index contributed by atoms with van der Waals surface area (Å²) in [6.45, 7) is 0. The summed E-state index contributed by atoms with van der Waals surface area (Å²) < 4.78 is 7.81. The van der Waals surface area contributed by atoms with Crippen LogP contribution in [0.5, 0.6) is 11.5 Å². The summed E-state index contributed by atoms with van der Waals surface area (Å²) >= 11 is 3.64. The third kappa shape index (κ3) is 4.75. The molecule has 0 bridgehead atoms. The fourth-order valence-corrected chi connectivity index (χ4v) is 8.64. The molecule has 2 heterocycles. The van der Waals surface area contributed by atoms with E-state index in [-0.39, 0.29) is 0 Å². The van der Waals surface area contributed by atoms with Gasteiger partial charge >= 0.3 is 0 Å². The largest absolute Gasteiger partial charge is 0.457 e. The van der Waals surface area contributed by atoms with E-state index in [0.29, 0.717) is 0 Å². The summed E-state index contributed by atoms with van der Waals surface area (Å²) in [6, 6.07) is 63.0. The van der Waals surface area contributed by atoms with E-state index in [0.717, 1.165) is 60.9 Å². The first-order chi connectivity index (χ1) is 25.7. The average Bonchev–Trinajstić information content (AvgIpc) is 3.50. The molecule has 2 aliphatic rings. The molecule has 3 nitrogen and oxygen atoms in total. The Morgan fingerprint density at radius 2 is 1.02 bits per heavy atom. The molecule has 1 spiro atoms. The minimum Gasteiger partial charge on any atom is -0.457 e. The van der Waals surface area contributed by atoms with Crippen molar-refractivity contribution in [2.45, 2.75) is 5.41 Å². The zero-order valence-electron chi connectivity index (χ0n) is 28.1. The standard InChI is InChI=1S/C48H31BrN2O/c49-36-11-7-9-34(29-36)32-18-22-37(23-19-32)51(38-24-20-33(21-25-38)35-10-8-28-50-31-35)39-26-27-47-45(30-39)48(44-16-5-6-17-46(44)52-47)42-14-3-1-12-40(42)41-13-2-4-15-43(41)48/h1-31H. The Hall–Kier alpha value is -6.23. The summed E-state index contributed by atoms with van der Waals surface area (Å²) in [4.78, 5) is 6.70. The molecule has 52 heavy (non-hydrogen) atoms. The Labute approximate surface area is 311 Å². The highest BCUT2D eigenvalue weighted by Gasteiger charge is 2.51. The van der Waals surface area contributed by atoms with Gasteiger partial charge in [-0.05, 0) is 111 Å². The first-order valence-electron chi connectivity index (χ1n) is 17.5. The maximum Gasteiger partial charge on any atom is 0.132 e. The molecule has 0 radical (unpaired) electrons. The zero-order chi connectivity index (χ0) is 34.6. The van der Waals surface area contributed by atoms with E-state index in [1.165, 1.54) is 27.8 Å². The number of anilines is 3. The van der Waals surface area contributed by atoms with Crippen molar-refractivity contribution in [3.05, 3.63) is 215 Å². The lowest BCUT2D eigenvalue weighted by Crippen LogP contribution is -2.32. The van der Waals surface area contributed by atoms with Gasteiger partial charge in [0.05, 0.1) is 5.41 Å². The third-order valence-corrected chi connectivity index (χ3v) is 11.0. The number of pyridine rings is 1. The number of fused-ring (bicyclic) bond motifs is 9. The summed E-state index contributed by atoms with van der Waals surface area (Å²) in [5.74, 6) is 1.76. The van der Waals surface area contributed by atoms with Gasteiger partial charge in [0.25, 0.3) is 0 Å². The van der Waals surface area contributed by atoms with Crippen LogP contribution in [0.15, 0.2) is 193 Å². The fraction of sp³-hybridized carbons (Fsp3) is 0.0208. The number of rotatable bonds is 5. The molecule has 0 N–H and O–H groups in total. The van der Waals surface area contributed by atoms with Gasteiger partial charge in [-0.2, -0.15) is 0 Å². The second-order valence-corrected chi connectivity index (χ2v) is 14.2. The number of benzene rings is 7. The number of hydrogen-bond donors (Lipinski definition) is 0. The monoisotopic (exact) mass is 730 g/mol. The first kappa shape index (κ1) is 30.6. The summed E-state index contributed by atoms with van der Waals surface area (Å²) in [7, 11) is 0. The summed E-state index contributed by atoms with van der Waals surface area (Å²) in [5, 5.41) is 0. The van der Waals surface area contributed by atoms with Crippen LogP contribution in [0.25, 0.3) is 33.4 Å². The summed E-state index contributed by atoms with van der Waals surface area (Å²) in [5.41, 5.74) is 14.5. The summed E-state index contributed by atoms with van der Waals surface area (Å²) in [6.07, 6.45) is 3.72. The Kier molecular flexibility index (Phi) is 7.19. The maximum absolute atomic E-state index is 6.75. The molecule has 0 amide bonds. The van der Waals surface area contributed by atoms with Crippen LogP contribution in [0.2, 0.25) is 0 Å². The molecule has 0 unspecified atom stereocenters. The van der Waals surface area contributed by atoms with Gasteiger partial charge in [-0.15, -0.1) is 0 Å². The molecule has 7 aromatic carbocycles. The number of ether oxygens (including phenoxy) is 1. The van der Waals surface area contributed by atoms with E-state index in [1.807, 2.05) is 18.5 Å². The van der Waals surface area contributed by atoms with Crippen molar-refractivity contribution < 1.29 is 4.74 Å². The third-order valence-electron chi connectivity index (χ3n) is 10.5. The molecule has 8 aromatic rings. The average molecular weight is 732 g/mol. The van der Waals surface area contributed by atoms with Crippen LogP contribution < -0.4 is 9.64 Å². The minimum absolute atomic E-state index is 0.548. The van der Waals surface area contributed by atoms with Crippen LogP contribution in [0, 0.1) is 0 Å². The van der Waals surface area contributed by atoms with E-state index < -0.39 is 5.41 Å². The molecule has 10 rings (SSSR count). The van der Waals surface area contributed by atoms with Crippen LogP contribution in [-0.4, -0.2) is 4.98 Å². The van der Waals surface area contributed by atoms with E-state index in [2.05, 4.69) is 196 Å². The van der Waals surface area contributed by atoms with Crippen molar-refractivity contribution >= 4 is 33.0 Å². The smallest absolute Gasteiger partial charge is 0.132 e. The second kappa shape index (κ2) is 12.2. The lowest BCUT2D eigenvalue weighted by Gasteiger charge is -2.40. The van der Waals surface area contributed by atoms with E-state index in [9.17, 15) is 0 Å². The molecule has 0 fully saturated rings. The Morgan fingerprint density at radius 1 is 0.442 bits per heavy atom. The van der Waals surface area contributed by atoms with E-state index in [1.54, 1.807) is 0 Å². The normalized spacial score (nSPS) is 13.0. The SMILES string of the molecule is Brc1cccc(-c2ccc(N(c3ccc(-c4cccnc4)cc3)c3ccc4c(c3)C3(c5ccccc5O4)c4ccccc4-c4ccccc43)cc2)c1. The van der Waals surface area contributed by atoms with Crippen molar-refractivity contribution in [2.24, 2.45) is 0 Å². The van der Waals surface area contributed by atoms with Crippen LogP contribution in [0.1, 0.15) is 22.3 Å². The number of para-hydroxylation sites is 1. The van der Waals surface area contributed by atoms with Crippen LogP contribution in [-0.2, 0) is 5.41 Å². The molecule has 1 aliphatic carbocycles. The highest BCUT2D eigenvalue weighted by Crippen LogP contribution is 2.62. The molecule has 246 valence electrons. The van der Waals surface area contributed by atoms with Crippen LogP contribution >= 0.6 is 15.9 Å². The predicted molar refractivity (Wildman–Crippen MR) is 215 cm³/mol. The number of hydrogen-bond acceptors (Lipinski definition) is 3. The van der Waals surface area contributed by atoms with Gasteiger partial charge in [-0.3, -0.25) is 4.98 Å². The Balaban J connectivity index is 1.18. The Bertz CT molecular complexity index is 2570. The zero-order valence-corrected chi connectivity index (χ0v) is 29.7. The van der Waals surface area contributed by atoms with Gasteiger partial charge in [0, 0.05) is 45.1 Å². The molecular formula is C48H31BrN2O. The Morgan fingerprint density at radius 3 is 1.67 bits per heavy atom. The first-order valence-corrected chi connectivity index (χ1v) is 18.3. The second-order valence-electron chi connectivity index (χ2n) is 13.3. The van der Waals surface area contributed by atoms with Gasteiger partial charge in [0.1, 0.15) is 11.5 Å². The number of halogens is 1. The molecule has 0 saturated carbocycles.